The van der Waals surface area contributed by atoms with Crippen molar-refractivity contribution < 1.29 is 19.4 Å². The van der Waals surface area contributed by atoms with Crippen molar-refractivity contribution in [2.75, 3.05) is 6.61 Å². The summed E-state index contributed by atoms with van der Waals surface area (Å²) in [4.78, 5) is 27.5. The molecule has 0 atom stereocenters. The number of hydrogen-bond acceptors (Lipinski definition) is 5. The number of aryl methyl sites for hydroxylation is 1. The molecule has 0 radical (unpaired) electrons. The summed E-state index contributed by atoms with van der Waals surface area (Å²) >= 11 is 0. The molecule has 0 saturated carbocycles. The highest BCUT2D eigenvalue weighted by Gasteiger charge is 2.16. The molecular weight excluding hydrogens is 348 g/mol. The fourth-order valence-corrected chi connectivity index (χ4v) is 2.60. The van der Waals surface area contributed by atoms with Crippen LogP contribution in [-0.4, -0.2) is 38.7 Å². The van der Waals surface area contributed by atoms with Crippen LogP contribution in [0.1, 0.15) is 28.7 Å². The van der Waals surface area contributed by atoms with Crippen molar-refractivity contribution in [2.24, 2.45) is 5.10 Å². The van der Waals surface area contributed by atoms with Crippen LogP contribution in [0, 0.1) is 6.92 Å². The molecule has 0 bridgehead atoms. The topological polar surface area (TPSA) is 105 Å². The molecule has 0 unspecified atom stereocenters. The van der Waals surface area contributed by atoms with E-state index in [9.17, 15) is 9.59 Å². The molecule has 27 heavy (non-hydrogen) atoms. The number of carboxylic acid groups (broad SMARTS) is 1. The van der Waals surface area contributed by atoms with Gasteiger partial charge in [-0.1, -0.05) is 18.2 Å². The highest BCUT2D eigenvalue weighted by atomic mass is 16.5. The third-order valence-electron chi connectivity index (χ3n) is 3.86. The lowest BCUT2D eigenvalue weighted by Gasteiger charge is -2.07. The van der Waals surface area contributed by atoms with E-state index in [0.29, 0.717) is 34.1 Å². The van der Waals surface area contributed by atoms with Gasteiger partial charge >= 0.3 is 5.97 Å². The quantitative estimate of drug-likeness (QED) is 0.514. The van der Waals surface area contributed by atoms with E-state index in [1.807, 2.05) is 18.2 Å². The van der Waals surface area contributed by atoms with Crippen molar-refractivity contribution >= 4 is 23.2 Å². The summed E-state index contributed by atoms with van der Waals surface area (Å²) in [7, 11) is 0. The Morgan fingerprint density at radius 3 is 2.85 bits per heavy atom. The number of nitrogens with one attached hydrogen (secondary N) is 1. The number of amides is 1. The summed E-state index contributed by atoms with van der Waals surface area (Å²) in [5.74, 6) is -1.02. The van der Waals surface area contributed by atoms with Crippen LogP contribution in [0.4, 0.5) is 0 Å². The second kappa shape index (κ2) is 7.69. The molecule has 0 fully saturated rings. The minimum Gasteiger partial charge on any atom is -0.482 e. The van der Waals surface area contributed by atoms with Gasteiger partial charge in [-0.15, -0.1) is 0 Å². The molecule has 0 aliphatic heterocycles. The molecule has 138 valence electrons. The molecule has 0 spiro atoms. The second-order valence-electron chi connectivity index (χ2n) is 5.82. The van der Waals surface area contributed by atoms with Gasteiger partial charge in [-0.2, -0.15) is 5.10 Å². The van der Waals surface area contributed by atoms with Crippen LogP contribution in [0.15, 0.2) is 53.8 Å². The zero-order valence-electron chi connectivity index (χ0n) is 14.8. The van der Waals surface area contributed by atoms with Gasteiger partial charge in [-0.3, -0.25) is 9.20 Å². The molecule has 2 heterocycles. The highest BCUT2D eigenvalue weighted by Crippen LogP contribution is 2.15. The number of nitrogens with zero attached hydrogens (tertiary/aromatic N) is 3. The normalized spacial score (nSPS) is 11.4. The Labute approximate surface area is 155 Å². The summed E-state index contributed by atoms with van der Waals surface area (Å²) in [5.41, 5.74) is 5.50. The maximum absolute atomic E-state index is 12.6. The first kappa shape index (κ1) is 18.1. The van der Waals surface area contributed by atoms with Gasteiger partial charge in [0.15, 0.2) is 6.61 Å². The van der Waals surface area contributed by atoms with Crippen molar-refractivity contribution in [1.82, 2.24) is 14.8 Å². The third kappa shape index (κ3) is 4.12. The van der Waals surface area contributed by atoms with E-state index in [-0.39, 0.29) is 5.91 Å². The molecule has 2 N–H and O–H groups in total. The smallest absolute Gasteiger partial charge is 0.341 e. The number of hydrogen-bond donors (Lipinski definition) is 2. The van der Waals surface area contributed by atoms with Gasteiger partial charge in [-0.25, -0.2) is 15.2 Å². The van der Waals surface area contributed by atoms with Gasteiger partial charge in [0.1, 0.15) is 17.1 Å². The molecule has 0 saturated heterocycles. The zero-order valence-corrected chi connectivity index (χ0v) is 14.8. The standard InChI is InChI=1S/C19H18N4O4/c1-12(14-6-5-7-15(10-14)27-11-17(24)25)21-22-19(26)18-13(2)20-16-8-3-4-9-23(16)18/h3-10H,11H2,1-2H3,(H,22,26)(H,24,25)/b21-12-. The number of carboxylic acids is 1. The molecule has 0 aliphatic rings. The van der Waals surface area contributed by atoms with Gasteiger partial charge < -0.3 is 9.84 Å². The van der Waals surface area contributed by atoms with Crippen molar-refractivity contribution in [3.05, 3.63) is 65.6 Å². The number of fused-ring (bicyclic) bond motifs is 1. The molecule has 3 rings (SSSR count). The Bertz CT molecular complexity index is 1040. The van der Waals surface area contributed by atoms with Crippen molar-refractivity contribution in [1.29, 1.82) is 0 Å². The zero-order chi connectivity index (χ0) is 19.4. The molecule has 1 amide bonds. The molecule has 0 aliphatic carbocycles. The van der Waals surface area contributed by atoms with E-state index in [2.05, 4.69) is 15.5 Å². The Hall–Kier alpha value is -3.68. The summed E-state index contributed by atoms with van der Waals surface area (Å²) in [5, 5.41) is 12.8. The fourth-order valence-electron chi connectivity index (χ4n) is 2.60. The first-order chi connectivity index (χ1) is 13.0. The number of carbonyl (C=O) groups excluding carboxylic acids is 1. The average molecular weight is 366 g/mol. The van der Waals surface area contributed by atoms with E-state index >= 15 is 0 Å². The maximum Gasteiger partial charge on any atom is 0.341 e. The maximum atomic E-state index is 12.6. The van der Waals surface area contributed by atoms with E-state index in [1.54, 1.807) is 48.7 Å². The number of aromatic nitrogens is 2. The van der Waals surface area contributed by atoms with Gasteiger partial charge in [-0.05, 0) is 38.1 Å². The van der Waals surface area contributed by atoms with Crippen LogP contribution >= 0.6 is 0 Å². The third-order valence-corrected chi connectivity index (χ3v) is 3.86. The molecular formula is C19H18N4O4. The fraction of sp³-hybridized carbons (Fsp3) is 0.158. The van der Waals surface area contributed by atoms with E-state index in [0.717, 1.165) is 0 Å². The predicted molar refractivity (Wildman–Crippen MR) is 99.2 cm³/mol. The molecule has 8 heteroatoms. The SMILES string of the molecule is C/C(=N/NC(=O)c1c(C)nc2ccccn12)c1cccc(OCC(=O)O)c1. The number of aliphatic carboxylic acids is 1. The van der Waals surface area contributed by atoms with Crippen molar-refractivity contribution in [2.45, 2.75) is 13.8 Å². The van der Waals surface area contributed by atoms with Crippen LogP contribution in [0.25, 0.3) is 5.65 Å². The molecule has 2 aromatic heterocycles. The lowest BCUT2D eigenvalue weighted by atomic mass is 10.1. The lowest BCUT2D eigenvalue weighted by molar-refractivity contribution is -0.139. The number of rotatable bonds is 6. The average Bonchev–Trinajstić information content (AvgIpc) is 3.00. The van der Waals surface area contributed by atoms with Crippen LogP contribution in [-0.2, 0) is 4.79 Å². The molecule has 1 aromatic carbocycles. The Balaban J connectivity index is 1.77. The summed E-state index contributed by atoms with van der Waals surface area (Å²) in [6.45, 7) is 3.07. The number of imidazole rings is 1. The van der Waals surface area contributed by atoms with E-state index < -0.39 is 12.6 Å². The Morgan fingerprint density at radius 2 is 2.07 bits per heavy atom. The van der Waals surface area contributed by atoms with Gasteiger partial charge in [0, 0.05) is 11.8 Å². The number of carbonyl (C=O) groups is 2. The number of pyridine rings is 1. The van der Waals surface area contributed by atoms with Gasteiger partial charge in [0.25, 0.3) is 5.91 Å². The number of hydrazone groups is 1. The first-order valence-electron chi connectivity index (χ1n) is 8.19. The molecule has 8 nitrogen and oxygen atoms in total. The predicted octanol–water partition coefficient (Wildman–Crippen LogP) is 2.26. The minimum absolute atomic E-state index is 0.371. The lowest BCUT2D eigenvalue weighted by Crippen LogP contribution is -2.22. The summed E-state index contributed by atoms with van der Waals surface area (Å²) < 4.78 is 6.86. The van der Waals surface area contributed by atoms with Gasteiger partial charge in [0.2, 0.25) is 0 Å². The van der Waals surface area contributed by atoms with Gasteiger partial charge in [0.05, 0.1) is 11.4 Å². The van der Waals surface area contributed by atoms with Crippen LogP contribution in [0.5, 0.6) is 5.75 Å². The van der Waals surface area contributed by atoms with Crippen LogP contribution in [0.3, 0.4) is 0 Å². The Morgan fingerprint density at radius 1 is 1.26 bits per heavy atom. The number of benzene rings is 1. The van der Waals surface area contributed by atoms with Crippen LogP contribution < -0.4 is 10.2 Å². The van der Waals surface area contributed by atoms with E-state index in [1.165, 1.54) is 0 Å². The second-order valence-corrected chi connectivity index (χ2v) is 5.82. The first-order valence-corrected chi connectivity index (χ1v) is 8.19. The Kier molecular flexibility index (Phi) is 5.16. The summed E-state index contributed by atoms with van der Waals surface area (Å²) in [6, 6.07) is 12.3. The van der Waals surface area contributed by atoms with Crippen LogP contribution in [0.2, 0.25) is 0 Å². The van der Waals surface area contributed by atoms with Crippen molar-refractivity contribution in [3.63, 3.8) is 0 Å². The van der Waals surface area contributed by atoms with E-state index in [4.69, 9.17) is 9.84 Å². The molecule has 3 aromatic rings. The number of ether oxygens (including phenoxy) is 1. The monoisotopic (exact) mass is 366 g/mol. The minimum atomic E-state index is -1.05. The van der Waals surface area contributed by atoms with Crippen molar-refractivity contribution in [3.8, 4) is 5.75 Å². The summed E-state index contributed by atoms with van der Waals surface area (Å²) in [6.07, 6.45) is 1.77. The highest BCUT2D eigenvalue weighted by molar-refractivity contribution is 6.01. The largest absolute Gasteiger partial charge is 0.482 e.